The molecule has 0 spiro atoms. The fourth-order valence-corrected chi connectivity index (χ4v) is 5.02. The van der Waals surface area contributed by atoms with Crippen molar-refractivity contribution in [1.29, 1.82) is 0 Å². The van der Waals surface area contributed by atoms with Crippen molar-refractivity contribution in [2.75, 3.05) is 13.7 Å². The summed E-state index contributed by atoms with van der Waals surface area (Å²) in [6.45, 7) is 4.36. The number of rotatable bonds is 5. The average molecular weight is 476 g/mol. The number of nitrogens with two attached hydrogens (primary N) is 1. The van der Waals surface area contributed by atoms with Gasteiger partial charge < -0.3 is 10.5 Å². The Balaban J connectivity index is 2.05. The van der Waals surface area contributed by atoms with Gasteiger partial charge in [0.25, 0.3) is 0 Å². The van der Waals surface area contributed by atoms with E-state index in [1.807, 2.05) is 0 Å². The molecule has 0 bridgehead atoms. The van der Waals surface area contributed by atoms with Gasteiger partial charge in [-0.2, -0.15) is 0 Å². The summed E-state index contributed by atoms with van der Waals surface area (Å²) >= 11 is 0. The Morgan fingerprint density at radius 2 is 2.00 bits per heavy atom. The number of hydrogen-bond acceptors (Lipinski definition) is 7. The molecule has 2 N–H and O–H groups in total. The van der Waals surface area contributed by atoms with Crippen molar-refractivity contribution < 1.29 is 21.9 Å². The lowest BCUT2D eigenvalue weighted by atomic mass is 9.80. The summed E-state index contributed by atoms with van der Waals surface area (Å²) in [7, 11) is -2.69. The van der Waals surface area contributed by atoms with Crippen molar-refractivity contribution in [3.05, 3.63) is 53.2 Å². The minimum Gasteiger partial charge on any atom is -0.463 e. The third-order valence-electron chi connectivity index (χ3n) is 5.82. The van der Waals surface area contributed by atoms with E-state index in [1.165, 1.54) is 52.3 Å². The third kappa shape index (κ3) is 4.02. The first-order chi connectivity index (χ1) is 15.3. The number of terminal acetylenes is 1. The number of sulfonamides is 1. The molecule has 1 aromatic carbocycles. The smallest absolute Gasteiger partial charge is 0.245 e. The van der Waals surface area contributed by atoms with E-state index in [0.29, 0.717) is 0 Å². The minimum atomic E-state index is -3.97. The van der Waals surface area contributed by atoms with Crippen LogP contribution in [0.25, 0.3) is 11.9 Å². The molecule has 2 aromatic rings. The molecule has 0 saturated carbocycles. The van der Waals surface area contributed by atoms with Gasteiger partial charge in [0, 0.05) is 12.6 Å². The highest BCUT2D eigenvalue weighted by molar-refractivity contribution is 7.91. The van der Waals surface area contributed by atoms with Crippen LogP contribution in [0.15, 0.2) is 35.6 Å². The fourth-order valence-electron chi connectivity index (χ4n) is 3.39. The van der Waals surface area contributed by atoms with Crippen molar-refractivity contribution >= 4 is 27.9 Å². The first kappa shape index (κ1) is 24.1. The second-order valence-electron chi connectivity index (χ2n) is 7.99. The van der Waals surface area contributed by atoms with Crippen LogP contribution < -0.4 is 10.5 Å². The van der Waals surface area contributed by atoms with Crippen molar-refractivity contribution in [1.82, 2.24) is 14.3 Å². The number of aromatic nitrogens is 2. The molecular formula is C22H23F2N5O3S. The topological polar surface area (TPSA) is 111 Å². The van der Waals surface area contributed by atoms with Gasteiger partial charge in [-0.25, -0.2) is 36.5 Å². The van der Waals surface area contributed by atoms with Gasteiger partial charge in [-0.1, -0.05) is 12.0 Å². The van der Waals surface area contributed by atoms with Crippen LogP contribution in [0, 0.1) is 18.2 Å². The zero-order valence-electron chi connectivity index (χ0n) is 18.5. The largest absolute Gasteiger partial charge is 0.463 e. The first-order valence-electron chi connectivity index (χ1n) is 9.75. The van der Waals surface area contributed by atoms with Crippen molar-refractivity contribution in [2.24, 2.45) is 10.7 Å². The van der Waals surface area contributed by atoms with Crippen LogP contribution in [0.5, 0.6) is 5.88 Å². The molecule has 1 aliphatic heterocycles. The van der Waals surface area contributed by atoms with E-state index in [4.69, 9.17) is 16.9 Å². The average Bonchev–Trinajstić information content (AvgIpc) is 2.77. The molecule has 0 amide bonds. The quantitative estimate of drug-likeness (QED) is 0.666. The van der Waals surface area contributed by atoms with E-state index in [0.717, 1.165) is 16.4 Å². The Labute approximate surface area is 191 Å². The predicted octanol–water partition coefficient (Wildman–Crippen LogP) is 2.68. The summed E-state index contributed by atoms with van der Waals surface area (Å²) in [6.07, 6.45) is 8.62. The van der Waals surface area contributed by atoms with Crippen LogP contribution in [0.2, 0.25) is 0 Å². The van der Waals surface area contributed by atoms with Crippen molar-refractivity contribution in [3.8, 4) is 18.2 Å². The predicted molar refractivity (Wildman–Crippen MR) is 121 cm³/mol. The van der Waals surface area contributed by atoms with Gasteiger partial charge >= 0.3 is 0 Å². The molecule has 2 heterocycles. The molecule has 174 valence electrons. The highest BCUT2D eigenvalue weighted by Gasteiger charge is 2.57. The molecule has 0 aliphatic carbocycles. The van der Waals surface area contributed by atoms with E-state index in [9.17, 15) is 17.2 Å². The van der Waals surface area contributed by atoms with Crippen LogP contribution >= 0.6 is 0 Å². The molecule has 1 aliphatic rings. The zero-order valence-corrected chi connectivity index (χ0v) is 19.3. The number of halogens is 2. The standard InChI is InChI=1S/C22H23F2N5O3S/c1-6-9-32-19-13-26-18(12-27-19)17(24)11-14-7-8-16(23)15(10-14)22(4)21(2,3)33(30,31)29(5)20(25)28-22/h1,7-8,10-13H,9H2,2-5H3,(H2,25,28)/b17-11-/t22-/m1/s1. The van der Waals surface area contributed by atoms with Crippen LogP contribution in [0.3, 0.4) is 0 Å². The number of hydrogen-bond donors (Lipinski definition) is 1. The first-order valence-corrected chi connectivity index (χ1v) is 11.2. The summed E-state index contributed by atoms with van der Waals surface area (Å²) < 4.78 is 60.2. The second-order valence-corrected chi connectivity index (χ2v) is 10.5. The van der Waals surface area contributed by atoms with Gasteiger partial charge in [-0.15, -0.1) is 6.42 Å². The van der Waals surface area contributed by atoms with Gasteiger partial charge in [0.15, 0.2) is 12.4 Å². The lowest BCUT2D eigenvalue weighted by Gasteiger charge is -2.46. The van der Waals surface area contributed by atoms with E-state index in [2.05, 4.69) is 20.9 Å². The summed E-state index contributed by atoms with van der Waals surface area (Å²) in [5, 5.41) is 0. The van der Waals surface area contributed by atoms with Crippen LogP contribution in [-0.4, -0.2) is 47.1 Å². The number of ether oxygens (including phenoxy) is 1. The summed E-state index contributed by atoms with van der Waals surface area (Å²) in [5.74, 6) is 0.704. The Hall–Kier alpha value is -3.52. The molecule has 0 saturated heterocycles. The summed E-state index contributed by atoms with van der Waals surface area (Å²) in [5.41, 5.74) is 4.40. The molecular weight excluding hydrogens is 452 g/mol. The normalized spacial score (nSPS) is 21.8. The molecule has 33 heavy (non-hydrogen) atoms. The van der Waals surface area contributed by atoms with E-state index >= 15 is 0 Å². The monoisotopic (exact) mass is 475 g/mol. The van der Waals surface area contributed by atoms with E-state index in [1.54, 1.807) is 0 Å². The molecule has 1 atom stereocenters. The van der Waals surface area contributed by atoms with Gasteiger partial charge in [0.2, 0.25) is 21.9 Å². The van der Waals surface area contributed by atoms with Gasteiger partial charge in [0.1, 0.15) is 21.8 Å². The molecule has 3 rings (SSSR count). The van der Waals surface area contributed by atoms with E-state index in [-0.39, 0.29) is 35.3 Å². The SMILES string of the molecule is C#CCOc1cnc(/C(F)=C/c2ccc(F)c([C@@]3(C)N=C(N)N(C)S(=O)(=O)C3(C)C)c2)cn1. The highest BCUT2D eigenvalue weighted by Crippen LogP contribution is 2.46. The minimum absolute atomic E-state index is 0.00166. The molecule has 0 radical (unpaired) electrons. The van der Waals surface area contributed by atoms with Crippen molar-refractivity contribution in [3.63, 3.8) is 0 Å². The third-order valence-corrected chi connectivity index (χ3v) is 8.42. The number of nitrogens with zero attached hydrogens (tertiary/aromatic N) is 4. The molecule has 8 nitrogen and oxygen atoms in total. The summed E-state index contributed by atoms with van der Waals surface area (Å²) in [6, 6.07) is 3.81. The van der Waals surface area contributed by atoms with Crippen molar-refractivity contribution in [2.45, 2.75) is 31.1 Å². The number of benzene rings is 1. The summed E-state index contributed by atoms with van der Waals surface area (Å²) in [4.78, 5) is 12.2. The van der Waals surface area contributed by atoms with Crippen LogP contribution in [0.4, 0.5) is 8.78 Å². The Kier molecular flexibility index (Phi) is 6.17. The lowest BCUT2D eigenvalue weighted by Crippen LogP contribution is -2.62. The number of guanidine groups is 1. The molecule has 0 unspecified atom stereocenters. The van der Waals surface area contributed by atoms with Gasteiger partial charge in [0.05, 0.1) is 12.4 Å². The Morgan fingerprint density at radius 3 is 2.61 bits per heavy atom. The Morgan fingerprint density at radius 1 is 1.30 bits per heavy atom. The van der Waals surface area contributed by atoms with Gasteiger partial charge in [-0.3, -0.25) is 0 Å². The van der Waals surface area contributed by atoms with Gasteiger partial charge in [-0.05, 0) is 44.5 Å². The van der Waals surface area contributed by atoms with Crippen LogP contribution in [-0.2, 0) is 15.6 Å². The van der Waals surface area contributed by atoms with E-state index < -0.39 is 32.0 Å². The number of aliphatic imine (C=N–C) groups is 1. The molecule has 0 fully saturated rings. The maximum atomic E-state index is 14.9. The highest BCUT2D eigenvalue weighted by atomic mass is 32.2. The van der Waals surface area contributed by atoms with Crippen LogP contribution in [0.1, 0.15) is 37.6 Å². The Bertz CT molecular complexity index is 1280. The second kappa shape index (κ2) is 8.44. The maximum absolute atomic E-state index is 14.9. The lowest BCUT2D eigenvalue weighted by molar-refractivity contribution is 0.327. The maximum Gasteiger partial charge on any atom is 0.245 e. The molecule has 11 heteroatoms. The molecule has 1 aromatic heterocycles. The zero-order chi connectivity index (χ0) is 24.6. The fraction of sp³-hybridized carbons (Fsp3) is 0.318.